The summed E-state index contributed by atoms with van der Waals surface area (Å²) in [7, 11) is -0.894. The van der Waals surface area contributed by atoms with Crippen LogP contribution in [-0.4, -0.2) is 45.3 Å². The third-order valence-electron chi connectivity index (χ3n) is 3.06. The lowest BCUT2D eigenvalue weighted by atomic mass is 10.3. The Labute approximate surface area is 116 Å². The van der Waals surface area contributed by atoms with Gasteiger partial charge in [-0.05, 0) is 6.07 Å². The van der Waals surface area contributed by atoms with Crippen molar-refractivity contribution in [2.45, 2.75) is 11.7 Å². The lowest BCUT2D eigenvalue weighted by molar-refractivity contribution is -0.117. The lowest BCUT2D eigenvalue weighted by Gasteiger charge is -2.18. The van der Waals surface area contributed by atoms with E-state index < -0.39 is 15.3 Å². The second-order valence-electron chi connectivity index (χ2n) is 4.30. The fourth-order valence-electron chi connectivity index (χ4n) is 2.01. The van der Waals surface area contributed by atoms with Crippen molar-refractivity contribution in [3.8, 4) is 11.8 Å². The molecule has 1 aromatic heterocycles. The van der Waals surface area contributed by atoms with Gasteiger partial charge in [0.25, 0.3) is 0 Å². The van der Waals surface area contributed by atoms with Crippen molar-refractivity contribution in [1.82, 2.24) is 4.98 Å². The number of hydrogen-bond donors (Lipinski definition) is 1. The second kappa shape index (κ2) is 5.25. The van der Waals surface area contributed by atoms with Gasteiger partial charge in [-0.15, -0.1) is 0 Å². The molecule has 0 saturated carbocycles. The maximum atomic E-state index is 11.9. The Morgan fingerprint density at radius 2 is 2.05 bits per heavy atom. The SMILES string of the molecule is COc1ccc(N2CC(S(N)(=O)=O)CC2=O)c(OC)n1. The first kappa shape index (κ1) is 14.5. The van der Waals surface area contributed by atoms with Gasteiger partial charge in [0.15, 0.2) is 0 Å². The number of hydrogen-bond acceptors (Lipinski definition) is 6. The number of methoxy groups -OCH3 is 2. The average molecular weight is 301 g/mol. The first-order chi connectivity index (χ1) is 9.36. The Bertz CT molecular complexity index is 631. The summed E-state index contributed by atoms with van der Waals surface area (Å²) in [5.74, 6) is 0.183. The van der Waals surface area contributed by atoms with Gasteiger partial charge in [-0.25, -0.2) is 13.6 Å². The van der Waals surface area contributed by atoms with Gasteiger partial charge in [-0.1, -0.05) is 0 Å². The molecule has 0 aromatic carbocycles. The average Bonchev–Trinajstić information content (AvgIpc) is 2.80. The summed E-state index contributed by atoms with van der Waals surface area (Å²) in [6.07, 6.45) is -0.145. The number of primary sulfonamides is 1. The molecule has 1 unspecified atom stereocenters. The number of nitrogens with two attached hydrogens (primary N) is 1. The van der Waals surface area contributed by atoms with E-state index in [0.717, 1.165) is 0 Å². The number of rotatable bonds is 4. The number of carbonyl (C=O) groups excluding carboxylic acids is 1. The Morgan fingerprint density at radius 3 is 2.55 bits per heavy atom. The highest BCUT2D eigenvalue weighted by Crippen LogP contribution is 2.32. The summed E-state index contributed by atoms with van der Waals surface area (Å²) >= 11 is 0. The second-order valence-corrected chi connectivity index (χ2v) is 6.15. The summed E-state index contributed by atoms with van der Waals surface area (Å²) in [4.78, 5) is 17.3. The molecule has 0 spiro atoms. The Morgan fingerprint density at radius 1 is 1.35 bits per heavy atom. The maximum absolute atomic E-state index is 11.9. The molecule has 1 atom stereocenters. The smallest absolute Gasteiger partial charge is 0.241 e. The van der Waals surface area contributed by atoms with Gasteiger partial charge in [0.05, 0.1) is 14.2 Å². The van der Waals surface area contributed by atoms with Gasteiger partial charge >= 0.3 is 0 Å². The van der Waals surface area contributed by atoms with E-state index in [4.69, 9.17) is 14.6 Å². The number of aromatic nitrogens is 1. The summed E-state index contributed by atoms with van der Waals surface area (Å²) < 4.78 is 32.8. The number of sulfonamides is 1. The van der Waals surface area contributed by atoms with Crippen LogP contribution in [0, 0.1) is 0 Å². The zero-order valence-electron chi connectivity index (χ0n) is 11.1. The molecule has 1 aliphatic rings. The van der Waals surface area contributed by atoms with Crippen LogP contribution in [-0.2, 0) is 14.8 Å². The number of anilines is 1. The zero-order valence-corrected chi connectivity index (χ0v) is 11.9. The van der Waals surface area contributed by atoms with Crippen molar-refractivity contribution in [1.29, 1.82) is 0 Å². The molecular weight excluding hydrogens is 286 g/mol. The third-order valence-corrected chi connectivity index (χ3v) is 4.31. The highest BCUT2D eigenvalue weighted by atomic mass is 32.2. The third kappa shape index (κ3) is 2.68. The molecule has 0 bridgehead atoms. The molecule has 110 valence electrons. The molecule has 8 nitrogen and oxygen atoms in total. The molecule has 20 heavy (non-hydrogen) atoms. The van der Waals surface area contributed by atoms with Crippen LogP contribution in [0.4, 0.5) is 5.69 Å². The monoisotopic (exact) mass is 301 g/mol. The fourth-order valence-corrected chi connectivity index (χ4v) is 2.74. The van der Waals surface area contributed by atoms with E-state index in [9.17, 15) is 13.2 Å². The topological polar surface area (TPSA) is 112 Å². The van der Waals surface area contributed by atoms with Crippen LogP contribution in [0.25, 0.3) is 0 Å². The molecule has 2 N–H and O–H groups in total. The zero-order chi connectivity index (χ0) is 14.9. The number of amides is 1. The lowest BCUT2D eigenvalue weighted by Crippen LogP contribution is -2.32. The summed E-state index contributed by atoms with van der Waals surface area (Å²) in [5, 5.41) is 4.17. The van der Waals surface area contributed by atoms with Crippen molar-refractivity contribution in [2.75, 3.05) is 25.7 Å². The van der Waals surface area contributed by atoms with E-state index >= 15 is 0 Å². The minimum Gasteiger partial charge on any atom is -0.481 e. The van der Waals surface area contributed by atoms with E-state index in [1.165, 1.54) is 19.1 Å². The van der Waals surface area contributed by atoms with E-state index in [1.807, 2.05) is 0 Å². The van der Waals surface area contributed by atoms with Gasteiger partial charge in [0.1, 0.15) is 10.9 Å². The largest absolute Gasteiger partial charge is 0.481 e. The highest BCUT2D eigenvalue weighted by Gasteiger charge is 2.38. The molecule has 1 fully saturated rings. The summed E-state index contributed by atoms with van der Waals surface area (Å²) in [5.41, 5.74) is 0.393. The molecule has 1 aromatic rings. The van der Waals surface area contributed by atoms with Gasteiger partial charge in [0, 0.05) is 19.0 Å². The van der Waals surface area contributed by atoms with Crippen molar-refractivity contribution < 1.29 is 22.7 Å². The molecule has 9 heteroatoms. The predicted molar refractivity (Wildman–Crippen MR) is 71.2 cm³/mol. The predicted octanol–water partition coefficient (Wildman–Crippen LogP) is -0.507. The number of ether oxygens (including phenoxy) is 2. The molecule has 1 amide bonds. The Balaban J connectivity index is 2.35. The summed E-state index contributed by atoms with van der Waals surface area (Å²) in [6.45, 7) is -0.0119. The van der Waals surface area contributed by atoms with Gasteiger partial charge in [-0.2, -0.15) is 4.98 Å². The molecular formula is C11H15N3O5S. The number of pyridine rings is 1. The molecule has 1 aliphatic heterocycles. The fraction of sp³-hybridized carbons (Fsp3) is 0.455. The van der Waals surface area contributed by atoms with Crippen LogP contribution >= 0.6 is 0 Å². The molecule has 2 heterocycles. The van der Waals surface area contributed by atoms with Crippen molar-refractivity contribution >= 4 is 21.6 Å². The van der Waals surface area contributed by atoms with Crippen LogP contribution in [0.3, 0.4) is 0 Å². The minimum atomic E-state index is -3.76. The Kier molecular flexibility index (Phi) is 3.82. The van der Waals surface area contributed by atoms with Crippen LogP contribution < -0.4 is 19.5 Å². The number of carbonyl (C=O) groups is 1. The Hall–Kier alpha value is -1.87. The van der Waals surface area contributed by atoms with E-state index in [1.54, 1.807) is 12.1 Å². The first-order valence-electron chi connectivity index (χ1n) is 5.77. The van der Waals surface area contributed by atoms with E-state index in [2.05, 4.69) is 4.98 Å². The van der Waals surface area contributed by atoms with Crippen LogP contribution in [0.1, 0.15) is 6.42 Å². The van der Waals surface area contributed by atoms with Crippen LogP contribution in [0.5, 0.6) is 11.8 Å². The molecule has 0 aliphatic carbocycles. The first-order valence-corrected chi connectivity index (χ1v) is 7.38. The number of nitrogens with zero attached hydrogens (tertiary/aromatic N) is 2. The van der Waals surface area contributed by atoms with Gasteiger partial charge in [-0.3, -0.25) is 4.79 Å². The molecule has 2 rings (SSSR count). The minimum absolute atomic E-state index is 0.0119. The normalized spacial score (nSPS) is 19.2. The molecule has 1 saturated heterocycles. The summed E-state index contributed by atoms with van der Waals surface area (Å²) in [6, 6.07) is 3.16. The van der Waals surface area contributed by atoms with Crippen molar-refractivity contribution in [2.24, 2.45) is 5.14 Å². The van der Waals surface area contributed by atoms with Crippen LogP contribution in [0.15, 0.2) is 12.1 Å². The van der Waals surface area contributed by atoms with Gasteiger partial charge in [0.2, 0.25) is 27.7 Å². The van der Waals surface area contributed by atoms with E-state index in [-0.39, 0.29) is 24.8 Å². The molecule has 0 radical (unpaired) electrons. The standard InChI is InChI=1S/C11H15N3O5S/c1-18-9-4-3-8(11(13-9)19-2)14-6-7(5-10(14)15)20(12,16)17/h3-4,7H,5-6H2,1-2H3,(H2,12,16,17). The quantitative estimate of drug-likeness (QED) is 0.802. The van der Waals surface area contributed by atoms with Crippen molar-refractivity contribution in [3.05, 3.63) is 12.1 Å². The van der Waals surface area contributed by atoms with Gasteiger partial charge < -0.3 is 14.4 Å². The van der Waals surface area contributed by atoms with Crippen LogP contribution in [0.2, 0.25) is 0 Å². The highest BCUT2D eigenvalue weighted by molar-refractivity contribution is 7.89. The maximum Gasteiger partial charge on any atom is 0.241 e. The van der Waals surface area contributed by atoms with E-state index in [0.29, 0.717) is 11.6 Å². The van der Waals surface area contributed by atoms with Crippen molar-refractivity contribution in [3.63, 3.8) is 0 Å².